The highest BCUT2D eigenvalue weighted by Gasteiger charge is 2.26. The molecule has 0 radical (unpaired) electrons. The van der Waals surface area contributed by atoms with Crippen molar-refractivity contribution in [1.82, 2.24) is 20.4 Å². The monoisotopic (exact) mass is 379 g/mol. The number of anilines is 2. The summed E-state index contributed by atoms with van der Waals surface area (Å²) >= 11 is 0. The minimum Gasteiger partial charge on any atom is -0.349 e. The van der Waals surface area contributed by atoms with Crippen molar-refractivity contribution < 1.29 is 9.72 Å². The van der Waals surface area contributed by atoms with E-state index in [0.717, 1.165) is 5.56 Å². The van der Waals surface area contributed by atoms with Crippen LogP contribution in [-0.2, 0) is 6.54 Å². The first-order chi connectivity index (χ1) is 13.6. The molecule has 0 bridgehead atoms. The van der Waals surface area contributed by atoms with Gasteiger partial charge in [-0.3, -0.25) is 30.7 Å². The average molecular weight is 379 g/mol. The molecule has 0 saturated carbocycles. The predicted molar refractivity (Wildman–Crippen MR) is 103 cm³/mol. The van der Waals surface area contributed by atoms with Gasteiger partial charge in [0.05, 0.1) is 4.92 Å². The van der Waals surface area contributed by atoms with Gasteiger partial charge in [-0.15, -0.1) is 0 Å². The fourth-order valence-corrected chi connectivity index (χ4v) is 2.53. The van der Waals surface area contributed by atoms with Crippen LogP contribution in [0.4, 0.5) is 17.3 Å². The third-order valence-corrected chi connectivity index (χ3v) is 3.85. The Morgan fingerprint density at radius 1 is 1.14 bits per heavy atom. The van der Waals surface area contributed by atoms with E-state index in [9.17, 15) is 14.9 Å². The van der Waals surface area contributed by atoms with E-state index in [0.29, 0.717) is 12.1 Å². The van der Waals surface area contributed by atoms with Crippen LogP contribution in [0, 0.1) is 10.1 Å². The molecule has 0 aliphatic rings. The van der Waals surface area contributed by atoms with Gasteiger partial charge in [0.15, 0.2) is 0 Å². The van der Waals surface area contributed by atoms with E-state index in [1.54, 1.807) is 11.9 Å². The molecule has 3 aromatic rings. The van der Waals surface area contributed by atoms with Crippen molar-refractivity contribution in [3.63, 3.8) is 0 Å². The maximum atomic E-state index is 12.1. The molecule has 28 heavy (non-hydrogen) atoms. The molecule has 0 spiro atoms. The number of nitrogens with zero attached hydrogens (tertiary/aromatic N) is 5. The predicted octanol–water partition coefficient (Wildman–Crippen LogP) is 2.17. The number of hydrogen-bond acceptors (Lipinski definition) is 8. The Kier molecular flexibility index (Phi) is 5.70. The number of nitro groups is 1. The lowest BCUT2D eigenvalue weighted by molar-refractivity contribution is -0.383. The second-order valence-corrected chi connectivity index (χ2v) is 5.81. The molecule has 10 nitrogen and oxygen atoms in total. The standard InChI is InChI=1S/C18H17N7O3/c1-24(11-13-5-3-2-4-6-13)17-15(25(27)28)16(20-12-21-17)22-23-18(26)14-7-9-19-10-8-14/h2-10,12H,11H2,1H3,(H,23,26)(H,20,21,22). The second-order valence-electron chi connectivity index (χ2n) is 5.81. The smallest absolute Gasteiger partial charge is 0.349 e. The number of aromatic nitrogens is 3. The molecule has 1 aromatic carbocycles. The van der Waals surface area contributed by atoms with Crippen LogP contribution in [-0.4, -0.2) is 32.8 Å². The molecule has 2 heterocycles. The Hall–Kier alpha value is -4.08. The molecule has 0 saturated heterocycles. The molecular weight excluding hydrogens is 362 g/mol. The van der Waals surface area contributed by atoms with Crippen LogP contribution in [0.1, 0.15) is 15.9 Å². The zero-order chi connectivity index (χ0) is 19.9. The summed E-state index contributed by atoms with van der Waals surface area (Å²) in [4.78, 5) is 36.6. The second kappa shape index (κ2) is 8.54. The summed E-state index contributed by atoms with van der Waals surface area (Å²) in [6.45, 7) is 0.418. The number of hydrogen-bond donors (Lipinski definition) is 2. The molecule has 0 unspecified atom stereocenters. The van der Waals surface area contributed by atoms with Gasteiger partial charge in [0.25, 0.3) is 5.91 Å². The Morgan fingerprint density at radius 3 is 2.54 bits per heavy atom. The van der Waals surface area contributed by atoms with Gasteiger partial charge >= 0.3 is 5.69 Å². The van der Waals surface area contributed by atoms with Gasteiger partial charge in [0.1, 0.15) is 6.33 Å². The molecule has 10 heteroatoms. The van der Waals surface area contributed by atoms with Crippen LogP contribution in [0.5, 0.6) is 0 Å². The van der Waals surface area contributed by atoms with Gasteiger partial charge in [-0.1, -0.05) is 30.3 Å². The number of pyridine rings is 1. The molecule has 0 aliphatic heterocycles. The lowest BCUT2D eigenvalue weighted by Crippen LogP contribution is -2.30. The van der Waals surface area contributed by atoms with Crippen molar-refractivity contribution in [2.24, 2.45) is 0 Å². The molecule has 1 amide bonds. The van der Waals surface area contributed by atoms with Gasteiger partial charge in [0, 0.05) is 31.5 Å². The van der Waals surface area contributed by atoms with E-state index >= 15 is 0 Å². The maximum Gasteiger partial charge on any atom is 0.355 e. The summed E-state index contributed by atoms with van der Waals surface area (Å²) in [5, 5.41) is 11.7. The number of hydrazine groups is 1. The van der Waals surface area contributed by atoms with Gasteiger partial charge < -0.3 is 4.90 Å². The zero-order valence-electron chi connectivity index (χ0n) is 14.9. The summed E-state index contributed by atoms with van der Waals surface area (Å²) in [6.07, 6.45) is 4.14. The lowest BCUT2D eigenvalue weighted by Gasteiger charge is -2.19. The highest BCUT2D eigenvalue weighted by atomic mass is 16.6. The van der Waals surface area contributed by atoms with Gasteiger partial charge in [-0.25, -0.2) is 9.97 Å². The molecule has 3 rings (SSSR count). The Bertz CT molecular complexity index is 967. The molecular formula is C18H17N7O3. The van der Waals surface area contributed by atoms with E-state index < -0.39 is 10.8 Å². The van der Waals surface area contributed by atoms with Crippen LogP contribution in [0.2, 0.25) is 0 Å². The third kappa shape index (κ3) is 4.36. The van der Waals surface area contributed by atoms with Crippen molar-refractivity contribution in [2.75, 3.05) is 17.4 Å². The number of amides is 1. The first kappa shape index (κ1) is 18.7. The van der Waals surface area contributed by atoms with Crippen molar-refractivity contribution in [2.45, 2.75) is 6.54 Å². The number of carbonyl (C=O) groups is 1. The van der Waals surface area contributed by atoms with Crippen molar-refractivity contribution in [3.05, 3.63) is 82.4 Å². The molecule has 0 atom stereocenters. The fraction of sp³-hybridized carbons (Fsp3) is 0.111. The highest BCUT2D eigenvalue weighted by Crippen LogP contribution is 2.31. The van der Waals surface area contributed by atoms with Gasteiger partial charge in [-0.05, 0) is 17.7 Å². The largest absolute Gasteiger partial charge is 0.355 e. The van der Waals surface area contributed by atoms with Crippen LogP contribution in [0.25, 0.3) is 0 Å². The lowest BCUT2D eigenvalue weighted by atomic mass is 10.2. The van der Waals surface area contributed by atoms with Crippen molar-refractivity contribution in [3.8, 4) is 0 Å². The first-order valence-corrected chi connectivity index (χ1v) is 8.27. The summed E-state index contributed by atoms with van der Waals surface area (Å²) in [5.41, 5.74) is 5.89. The quantitative estimate of drug-likeness (QED) is 0.472. The van der Waals surface area contributed by atoms with Crippen LogP contribution in [0.15, 0.2) is 61.2 Å². The Balaban J connectivity index is 1.81. The third-order valence-electron chi connectivity index (χ3n) is 3.85. The SMILES string of the molecule is CN(Cc1ccccc1)c1ncnc(NNC(=O)c2ccncc2)c1[N+](=O)[O-]. The number of nitrogens with one attached hydrogen (secondary N) is 2. The van der Waals surface area contributed by atoms with E-state index in [1.165, 1.54) is 30.9 Å². The first-order valence-electron chi connectivity index (χ1n) is 8.27. The highest BCUT2D eigenvalue weighted by molar-refractivity contribution is 5.94. The molecule has 0 aliphatic carbocycles. The number of carbonyl (C=O) groups excluding carboxylic acids is 1. The number of benzene rings is 1. The molecule has 2 N–H and O–H groups in total. The molecule has 2 aromatic heterocycles. The van der Waals surface area contributed by atoms with Gasteiger partial charge in [0.2, 0.25) is 11.6 Å². The fourth-order valence-electron chi connectivity index (χ4n) is 2.53. The molecule has 0 fully saturated rings. The van der Waals surface area contributed by atoms with Crippen LogP contribution < -0.4 is 15.8 Å². The minimum atomic E-state index is -0.586. The van der Waals surface area contributed by atoms with Crippen LogP contribution in [0.3, 0.4) is 0 Å². The summed E-state index contributed by atoms with van der Waals surface area (Å²) in [7, 11) is 1.70. The van der Waals surface area contributed by atoms with Crippen molar-refractivity contribution >= 4 is 23.2 Å². The van der Waals surface area contributed by atoms with Crippen LogP contribution >= 0.6 is 0 Å². The van der Waals surface area contributed by atoms with E-state index in [2.05, 4.69) is 25.8 Å². The van der Waals surface area contributed by atoms with E-state index in [1.807, 2.05) is 30.3 Å². The summed E-state index contributed by atoms with van der Waals surface area (Å²) in [5.74, 6) is -0.462. The normalized spacial score (nSPS) is 10.2. The van der Waals surface area contributed by atoms with E-state index in [-0.39, 0.29) is 17.3 Å². The maximum absolute atomic E-state index is 12.1. The Morgan fingerprint density at radius 2 is 1.86 bits per heavy atom. The minimum absolute atomic E-state index is 0.114. The van der Waals surface area contributed by atoms with Gasteiger partial charge in [-0.2, -0.15) is 0 Å². The topological polar surface area (TPSA) is 126 Å². The van der Waals surface area contributed by atoms with Crippen molar-refractivity contribution in [1.29, 1.82) is 0 Å². The molecule has 142 valence electrons. The number of rotatable bonds is 7. The average Bonchev–Trinajstić information content (AvgIpc) is 2.72. The summed E-state index contributed by atoms with van der Waals surface area (Å²) < 4.78 is 0. The summed E-state index contributed by atoms with van der Waals surface area (Å²) in [6, 6.07) is 12.5. The Labute approximate surface area is 160 Å². The zero-order valence-corrected chi connectivity index (χ0v) is 14.9. The van der Waals surface area contributed by atoms with E-state index in [4.69, 9.17) is 0 Å².